The lowest BCUT2D eigenvalue weighted by Crippen LogP contribution is -2.08. The molecule has 0 aromatic carbocycles. The van der Waals surface area contributed by atoms with E-state index in [9.17, 15) is 0 Å². The molecule has 21 heavy (non-hydrogen) atoms. The van der Waals surface area contributed by atoms with E-state index in [1.807, 2.05) is 25.4 Å². The van der Waals surface area contributed by atoms with Gasteiger partial charge in [-0.25, -0.2) is 9.97 Å². The number of rotatable bonds is 8. The first kappa shape index (κ1) is 15.7. The zero-order chi connectivity index (χ0) is 15.1. The van der Waals surface area contributed by atoms with Gasteiger partial charge in [0.1, 0.15) is 12.4 Å². The van der Waals surface area contributed by atoms with Gasteiger partial charge in [-0.15, -0.1) is 11.3 Å². The SMILES string of the molecule is CCNc1cc(OCCc2scnc2C)nc(COC)n1. The Balaban J connectivity index is 1.99. The largest absolute Gasteiger partial charge is 0.477 e. The molecular formula is C14H20N4O2S. The van der Waals surface area contributed by atoms with Gasteiger partial charge in [0, 0.05) is 31.0 Å². The molecule has 0 saturated carbocycles. The molecule has 0 aliphatic carbocycles. The molecule has 0 aliphatic rings. The van der Waals surface area contributed by atoms with Crippen LogP contribution in [0, 0.1) is 6.92 Å². The Morgan fingerprint density at radius 1 is 1.33 bits per heavy atom. The summed E-state index contributed by atoms with van der Waals surface area (Å²) in [6.45, 7) is 5.76. The first-order valence-corrected chi connectivity index (χ1v) is 7.73. The predicted octanol–water partition coefficient (Wildman–Crippen LogP) is 2.44. The monoisotopic (exact) mass is 308 g/mol. The molecule has 0 unspecified atom stereocenters. The summed E-state index contributed by atoms with van der Waals surface area (Å²) >= 11 is 1.65. The van der Waals surface area contributed by atoms with Gasteiger partial charge in [-0.1, -0.05) is 0 Å². The van der Waals surface area contributed by atoms with Crippen LogP contribution in [0.4, 0.5) is 5.82 Å². The molecule has 0 aliphatic heterocycles. The van der Waals surface area contributed by atoms with E-state index in [1.54, 1.807) is 18.4 Å². The first-order chi connectivity index (χ1) is 10.2. The highest BCUT2D eigenvalue weighted by atomic mass is 32.1. The van der Waals surface area contributed by atoms with Crippen molar-refractivity contribution in [1.29, 1.82) is 0 Å². The lowest BCUT2D eigenvalue weighted by Gasteiger charge is -2.09. The van der Waals surface area contributed by atoms with Gasteiger partial charge in [0.25, 0.3) is 0 Å². The number of thiazole rings is 1. The van der Waals surface area contributed by atoms with Crippen LogP contribution < -0.4 is 10.1 Å². The minimum absolute atomic E-state index is 0.365. The molecular weight excluding hydrogens is 288 g/mol. The number of aryl methyl sites for hydroxylation is 1. The van der Waals surface area contributed by atoms with E-state index in [0.29, 0.717) is 24.9 Å². The van der Waals surface area contributed by atoms with Crippen LogP contribution in [-0.2, 0) is 17.8 Å². The third-order valence-electron chi connectivity index (χ3n) is 2.80. The number of nitrogens with zero attached hydrogens (tertiary/aromatic N) is 3. The summed E-state index contributed by atoms with van der Waals surface area (Å²) < 4.78 is 10.8. The summed E-state index contributed by atoms with van der Waals surface area (Å²) in [7, 11) is 1.62. The number of ether oxygens (including phenoxy) is 2. The van der Waals surface area contributed by atoms with Crippen molar-refractivity contribution in [3.05, 3.63) is 28.0 Å². The van der Waals surface area contributed by atoms with Gasteiger partial charge >= 0.3 is 0 Å². The fraction of sp³-hybridized carbons (Fsp3) is 0.500. The highest BCUT2D eigenvalue weighted by Crippen LogP contribution is 2.16. The zero-order valence-corrected chi connectivity index (χ0v) is 13.4. The van der Waals surface area contributed by atoms with Gasteiger partial charge in [0.2, 0.25) is 5.88 Å². The molecule has 0 bridgehead atoms. The predicted molar refractivity (Wildman–Crippen MR) is 83.0 cm³/mol. The molecule has 0 saturated heterocycles. The summed E-state index contributed by atoms with van der Waals surface area (Å²) in [5.74, 6) is 1.93. The van der Waals surface area contributed by atoms with Crippen LogP contribution in [0.25, 0.3) is 0 Å². The average molecular weight is 308 g/mol. The van der Waals surface area contributed by atoms with Crippen molar-refractivity contribution in [3.8, 4) is 5.88 Å². The van der Waals surface area contributed by atoms with Crippen molar-refractivity contribution in [1.82, 2.24) is 15.0 Å². The Morgan fingerprint density at radius 2 is 2.19 bits per heavy atom. The molecule has 2 rings (SSSR count). The summed E-state index contributed by atoms with van der Waals surface area (Å²) in [6, 6.07) is 1.81. The van der Waals surface area contributed by atoms with Crippen LogP contribution in [0.2, 0.25) is 0 Å². The number of aromatic nitrogens is 3. The van der Waals surface area contributed by atoms with Crippen molar-refractivity contribution in [2.45, 2.75) is 26.9 Å². The van der Waals surface area contributed by atoms with Crippen molar-refractivity contribution in [3.63, 3.8) is 0 Å². The van der Waals surface area contributed by atoms with Crippen LogP contribution in [0.3, 0.4) is 0 Å². The van der Waals surface area contributed by atoms with Crippen molar-refractivity contribution in [2.24, 2.45) is 0 Å². The van der Waals surface area contributed by atoms with Crippen molar-refractivity contribution in [2.75, 3.05) is 25.6 Å². The topological polar surface area (TPSA) is 69.2 Å². The quantitative estimate of drug-likeness (QED) is 0.808. The van der Waals surface area contributed by atoms with Gasteiger partial charge in [0.05, 0.1) is 17.8 Å². The Morgan fingerprint density at radius 3 is 2.86 bits per heavy atom. The third kappa shape index (κ3) is 4.64. The number of hydrogen-bond acceptors (Lipinski definition) is 7. The summed E-state index contributed by atoms with van der Waals surface area (Å²) in [5.41, 5.74) is 2.93. The van der Waals surface area contributed by atoms with E-state index < -0.39 is 0 Å². The zero-order valence-electron chi connectivity index (χ0n) is 12.5. The van der Waals surface area contributed by atoms with E-state index in [-0.39, 0.29) is 0 Å². The van der Waals surface area contributed by atoms with Gasteiger partial charge in [-0.2, -0.15) is 4.98 Å². The molecule has 0 spiro atoms. The minimum Gasteiger partial charge on any atom is -0.477 e. The van der Waals surface area contributed by atoms with E-state index in [2.05, 4.69) is 20.3 Å². The van der Waals surface area contributed by atoms with Crippen LogP contribution >= 0.6 is 11.3 Å². The van der Waals surface area contributed by atoms with Crippen LogP contribution in [0.15, 0.2) is 11.6 Å². The van der Waals surface area contributed by atoms with E-state index >= 15 is 0 Å². The number of methoxy groups -OCH3 is 1. The maximum atomic E-state index is 5.74. The van der Waals surface area contributed by atoms with Crippen molar-refractivity contribution < 1.29 is 9.47 Å². The third-order valence-corrected chi connectivity index (χ3v) is 3.80. The maximum Gasteiger partial charge on any atom is 0.218 e. The van der Waals surface area contributed by atoms with E-state index in [4.69, 9.17) is 9.47 Å². The Labute approximate surface area is 128 Å². The Hall–Kier alpha value is -1.73. The Kier molecular flexibility index (Phi) is 5.89. The highest BCUT2D eigenvalue weighted by Gasteiger charge is 2.07. The maximum absolute atomic E-state index is 5.74. The average Bonchev–Trinajstić information content (AvgIpc) is 2.85. The summed E-state index contributed by atoms with van der Waals surface area (Å²) in [5, 5.41) is 3.17. The number of nitrogens with one attached hydrogen (secondary N) is 1. The van der Waals surface area contributed by atoms with Gasteiger partial charge in [-0.3, -0.25) is 0 Å². The normalized spacial score (nSPS) is 10.6. The van der Waals surface area contributed by atoms with E-state index in [1.165, 1.54) is 4.88 Å². The molecule has 7 heteroatoms. The highest BCUT2D eigenvalue weighted by molar-refractivity contribution is 7.09. The smallest absolute Gasteiger partial charge is 0.218 e. The van der Waals surface area contributed by atoms with Gasteiger partial charge in [0.15, 0.2) is 5.82 Å². The van der Waals surface area contributed by atoms with Crippen LogP contribution in [0.1, 0.15) is 23.3 Å². The standard InChI is InChI=1S/C14H20N4O2S/c1-4-15-12-7-14(18-13(17-12)8-19-3)20-6-5-11-10(2)16-9-21-11/h7,9H,4-6,8H2,1-3H3,(H,15,17,18). The van der Waals surface area contributed by atoms with Gasteiger partial charge < -0.3 is 14.8 Å². The lowest BCUT2D eigenvalue weighted by molar-refractivity contribution is 0.176. The fourth-order valence-electron chi connectivity index (χ4n) is 1.83. The molecule has 0 fully saturated rings. The van der Waals surface area contributed by atoms with Gasteiger partial charge in [-0.05, 0) is 13.8 Å². The van der Waals surface area contributed by atoms with Crippen molar-refractivity contribution >= 4 is 17.2 Å². The molecule has 0 amide bonds. The van der Waals surface area contributed by atoms with Crippen LogP contribution in [-0.4, -0.2) is 35.2 Å². The molecule has 114 valence electrons. The molecule has 0 atom stereocenters. The summed E-state index contributed by atoms with van der Waals surface area (Å²) in [4.78, 5) is 14.2. The Bertz CT molecular complexity index is 550. The summed E-state index contributed by atoms with van der Waals surface area (Å²) in [6.07, 6.45) is 0.830. The number of anilines is 1. The molecule has 2 aromatic rings. The lowest BCUT2D eigenvalue weighted by atomic mass is 10.3. The second-order valence-electron chi connectivity index (χ2n) is 4.43. The molecule has 1 N–H and O–H groups in total. The first-order valence-electron chi connectivity index (χ1n) is 6.85. The van der Waals surface area contributed by atoms with E-state index in [0.717, 1.165) is 24.5 Å². The molecule has 0 radical (unpaired) electrons. The second kappa shape index (κ2) is 7.90. The second-order valence-corrected chi connectivity index (χ2v) is 5.37. The minimum atomic E-state index is 0.365. The number of hydrogen-bond donors (Lipinski definition) is 1. The molecule has 6 nitrogen and oxygen atoms in total. The molecule has 2 aromatic heterocycles. The fourth-order valence-corrected chi connectivity index (χ4v) is 2.59. The van der Waals surface area contributed by atoms with Crippen LogP contribution in [0.5, 0.6) is 5.88 Å². The molecule has 2 heterocycles.